The van der Waals surface area contributed by atoms with E-state index in [2.05, 4.69) is 5.32 Å². The Balaban J connectivity index is 1.81. The fraction of sp³-hybridized carbons (Fsp3) is 0.211. The van der Waals surface area contributed by atoms with E-state index in [1.807, 2.05) is 0 Å². The molecular formula is C19H17ClFN3O6. The Morgan fingerprint density at radius 2 is 1.93 bits per heavy atom. The van der Waals surface area contributed by atoms with Gasteiger partial charge in [0.25, 0.3) is 17.5 Å². The van der Waals surface area contributed by atoms with Crippen LogP contribution in [0.3, 0.4) is 0 Å². The molecule has 0 heterocycles. The quantitative estimate of drug-likeness (QED) is 0.384. The zero-order valence-electron chi connectivity index (χ0n) is 15.8. The fourth-order valence-corrected chi connectivity index (χ4v) is 2.55. The summed E-state index contributed by atoms with van der Waals surface area (Å²) in [4.78, 5) is 47.0. The first-order valence-corrected chi connectivity index (χ1v) is 8.92. The molecule has 0 spiro atoms. The fourth-order valence-electron chi connectivity index (χ4n) is 2.33. The molecule has 0 saturated carbocycles. The van der Waals surface area contributed by atoms with Gasteiger partial charge in [-0.2, -0.15) is 0 Å². The van der Waals surface area contributed by atoms with Crippen LogP contribution in [-0.2, 0) is 20.9 Å². The lowest BCUT2D eigenvalue weighted by Crippen LogP contribution is -2.34. The van der Waals surface area contributed by atoms with Crippen molar-refractivity contribution >= 4 is 35.1 Å². The Labute approximate surface area is 175 Å². The third-order valence-corrected chi connectivity index (χ3v) is 4.31. The van der Waals surface area contributed by atoms with Crippen molar-refractivity contribution in [1.82, 2.24) is 10.2 Å². The molecule has 0 fully saturated rings. The number of ether oxygens (including phenoxy) is 1. The maximum Gasteiger partial charge on any atom is 0.325 e. The van der Waals surface area contributed by atoms with Gasteiger partial charge in [-0.25, -0.2) is 4.39 Å². The molecule has 11 heteroatoms. The van der Waals surface area contributed by atoms with E-state index in [9.17, 15) is 28.9 Å². The van der Waals surface area contributed by atoms with Crippen LogP contribution < -0.4 is 5.32 Å². The van der Waals surface area contributed by atoms with E-state index in [4.69, 9.17) is 16.3 Å². The predicted octanol–water partition coefficient (Wildman–Crippen LogP) is 2.32. The molecule has 0 bridgehead atoms. The molecule has 2 aromatic carbocycles. The predicted molar refractivity (Wildman–Crippen MR) is 104 cm³/mol. The highest BCUT2D eigenvalue weighted by atomic mass is 35.5. The summed E-state index contributed by atoms with van der Waals surface area (Å²) < 4.78 is 18.6. The van der Waals surface area contributed by atoms with E-state index >= 15 is 0 Å². The summed E-state index contributed by atoms with van der Waals surface area (Å²) in [7, 11) is 1.39. The number of non-ortho nitro benzene ring substituents is 1. The van der Waals surface area contributed by atoms with Gasteiger partial charge in [0.2, 0.25) is 0 Å². The van der Waals surface area contributed by atoms with Crippen molar-refractivity contribution in [1.29, 1.82) is 0 Å². The molecular weight excluding hydrogens is 421 g/mol. The molecule has 2 aromatic rings. The first-order chi connectivity index (χ1) is 14.2. The molecule has 0 aliphatic heterocycles. The van der Waals surface area contributed by atoms with Gasteiger partial charge in [-0.1, -0.05) is 23.7 Å². The van der Waals surface area contributed by atoms with Gasteiger partial charge >= 0.3 is 5.97 Å². The van der Waals surface area contributed by atoms with Crippen LogP contribution in [0.1, 0.15) is 15.9 Å². The van der Waals surface area contributed by atoms with Crippen molar-refractivity contribution in [2.75, 3.05) is 20.2 Å². The van der Waals surface area contributed by atoms with Gasteiger partial charge in [0.1, 0.15) is 12.4 Å². The Hall–Kier alpha value is -3.53. The zero-order valence-corrected chi connectivity index (χ0v) is 16.5. The molecule has 0 saturated heterocycles. The smallest absolute Gasteiger partial charge is 0.325 e. The molecule has 0 radical (unpaired) electrons. The van der Waals surface area contributed by atoms with Crippen molar-refractivity contribution < 1.29 is 28.4 Å². The molecule has 0 atom stereocenters. The van der Waals surface area contributed by atoms with Gasteiger partial charge in [0, 0.05) is 41.9 Å². The molecule has 1 N–H and O–H groups in total. The average Bonchev–Trinajstić information content (AvgIpc) is 2.72. The minimum atomic E-state index is -0.889. The minimum Gasteiger partial charge on any atom is -0.454 e. The van der Waals surface area contributed by atoms with Gasteiger partial charge in [-0.05, 0) is 18.2 Å². The number of likely N-dealkylation sites (N-methyl/N-ethyl adjacent to an activating group) is 1. The summed E-state index contributed by atoms with van der Waals surface area (Å²) in [6.45, 7) is -1.28. The van der Waals surface area contributed by atoms with Gasteiger partial charge in [-0.15, -0.1) is 0 Å². The topological polar surface area (TPSA) is 119 Å². The second-order valence-corrected chi connectivity index (χ2v) is 6.51. The number of nitrogens with zero attached hydrogens (tertiary/aromatic N) is 2. The SMILES string of the molecule is CN(Cc1c(F)cccc1Cl)C(=O)COC(=O)CNC(=O)c1cccc([N+](=O)[O-])c1. The average molecular weight is 438 g/mol. The zero-order chi connectivity index (χ0) is 22.3. The van der Waals surface area contributed by atoms with E-state index in [-0.39, 0.29) is 28.4 Å². The normalized spacial score (nSPS) is 10.2. The number of halogens is 2. The van der Waals surface area contributed by atoms with E-state index in [0.29, 0.717) is 0 Å². The standard InChI is InChI=1S/C19H17ClFN3O6/c1-23(10-14-15(20)6-3-7-16(14)21)17(25)11-30-18(26)9-22-19(27)12-4-2-5-13(8-12)24(28)29/h2-8H,9-11H2,1H3,(H,22,27). The van der Waals surface area contributed by atoms with E-state index < -0.39 is 41.7 Å². The molecule has 2 amide bonds. The number of hydrogen-bond acceptors (Lipinski definition) is 6. The van der Waals surface area contributed by atoms with Crippen LogP contribution in [0, 0.1) is 15.9 Å². The summed E-state index contributed by atoms with van der Waals surface area (Å²) in [5, 5.41) is 13.1. The van der Waals surface area contributed by atoms with E-state index in [0.717, 1.165) is 11.0 Å². The summed E-state index contributed by atoms with van der Waals surface area (Å²) in [5.74, 6) is -2.77. The minimum absolute atomic E-state index is 0.00502. The second-order valence-electron chi connectivity index (χ2n) is 6.10. The number of hydrogen-bond donors (Lipinski definition) is 1. The number of nitro benzene ring substituents is 1. The Kier molecular flexibility index (Phi) is 7.82. The van der Waals surface area contributed by atoms with Gasteiger partial charge in [-0.3, -0.25) is 24.5 Å². The Morgan fingerprint density at radius 3 is 2.60 bits per heavy atom. The van der Waals surface area contributed by atoms with Gasteiger partial charge in [0.15, 0.2) is 6.61 Å². The number of amides is 2. The lowest BCUT2D eigenvalue weighted by Gasteiger charge is -2.18. The Bertz CT molecular complexity index is 964. The molecule has 158 valence electrons. The lowest BCUT2D eigenvalue weighted by atomic mass is 10.2. The van der Waals surface area contributed by atoms with Gasteiger partial charge < -0.3 is 15.0 Å². The largest absolute Gasteiger partial charge is 0.454 e. The maximum absolute atomic E-state index is 13.8. The third kappa shape index (κ3) is 6.24. The molecule has 0 aliphatic rings. The van der Waals surface area contributed by atoms with Crippen LogP contribution in [0.25, 0.3) is 0 Å². The molecule has 0 unspecified atom stereocenters. The van der Waals surface area contributed by atoms with Crippen molar-refractivity contribution in [3.8, 4) is 0 Å². The summed E-state index contributed by atoms with van der Waals surface area (Å²) in [5.41, 5.74) is -0.144. The number of carbonyl (C=O) groups excluding carboxylic acids is 3. The summed E-state index contributed by atoms with van der Waals surface area (Å²) in [6.07, 6.45) is 0. The van der Waals surface area contributed by atoms with Crippen LogP contribution in [0.2, 0.25) is 5.02 Å². The molecule has 2 rings (SSSR count). The Morgan fingerprint density at radius 1 is 1.23 bits per heavy atom. The van der Waals surface area contributed by atoms with Crippen LogP contribution in [0.4, 0.5) is 10.1 Å². The third-order valence-electron chi connectivity index (χ3n) is 3.95. The number of benzene rings is 2. The highest BCUT2D eigenvalue weighted by Crippen LogP contribution is 2.20. The highest BCUT2D eigenvalue weighted by molar-refractivity contribution is 6.31. The van der Waals surface area contributed by atoms with Crippen LogP contribution in [-0.4, -0.2) is 47.8 Å². The van der Waals surface area contributed by atoms with Crippen LogP contribution >= 0.6 is 11.6 Å². The number of nitrogens with one attached hydrogen (secondary N) is 1. The summed E-state index contributed by atoms with van der Waals surface area (Å²) in [6, 6.07) is 9.11. The van der Waals surface area contributed by atoms with Gasteiger partial charge in [0.05, 0.1) is 4.92 Å². The van der Waals surface area contributed by atoms with Crippen molar-refractivity contribution in [2.24, 2.45) is 0 Å². The first-order valence-electron chi connectivity index (χ1n) is 8.54. The number of esters is 1. The molecule has 0 aliphatic carbocycles. The summed E-state index contributed by atoms with van der Waals surface area (Å²) >= 11 is 5.91. The molecule has 9 nitrogen and oxygen atoms in total. The number of rotatable bonds is 8. The second kappa shape index (κ2) is 10.3. The van der Waals surface area contributed by atoms with Crippen molar-refractivity contribution in [3.05, 3.63) is 74.5 Å². The first kappa shape index (κ1) is 22.8. The highest BCUT2D eigenvalue weighted by Gasteiger charge is 2.17. The lowest BCUT2D eigenvalue weighted by molar-refractivity contribution is -0.384. The van der Waals surface area contributed by atoms with Crippen molar-refractivity contribution in [3.63, 3.8) is 0 Å². The number of carbonyl (C=O) groups is 3. The molecule has 0 aromatic heterocycles. The monoisotopic (exact) mass is 437 g/mol. The van der Waals surface area contributed by atoms with Crippen molar-refractivity contribution in [2.45, 2.75) is 6.54 Å². The number of nitro groups is 1. The van der Waals surface area contributed by atoms with Crippen LogP contribution in [0.15, 0.2) is 42.5 Å². The van der Waals surface area contributed by atoms with E-state index in [1.54, 1.807) is 0 Å². The van der Waals surface area contributed by atoms with E-state index in [1.165, 1.54) is 43.4 Å². The molecule has 30 heavy (non-hydrogen) atoms. The maximum atomic E-state index is 13.8. The van der Waals surface area contributed by atoms with Crippen LogP contribution in [0.5, 0.6) is 0 Å².